The molecule has 90 valence electrons. The molecule has 2 nitrogen and oxygen atoms in total. The Bertz CT molecular complexity index is 189. The van der Waals surface area contributed by atoms with Crippen molar-refractivity contribution in [2.24, 2.45) is 11.7 Å². The Kier molecular flexibility index (Phi) is 4.60. The molecule has 1 fully saturated rings. The van der Waals surface area contributed by atoms with E-state index in [1.807, 2.05) is 0 Å². The monoisotopic (exact) mass is 212 g/mol. The van der Waals surface area contributed by atoms with E-state index in [1.165, 1.54) is 38.6 Å². The van der Waals surface area contributed by atoms with Gasteiger partial charge in [-0.15, -0.1) is 0 Å². The first kappa shape index (κ1) is 13.0. The summed E-state index contributed by atoms with van der Waals surface area (Å²) in [4.78, 5) is 2.49. The molecule has 2 atom stereocenters. The Hall–Kier alpha value is -0.0800. The molecule has 0 aromatic rings. The van der Waals surface area contributed by atoms with Gasteiger partial charge in [0, 0.05) is 18.1 Å². The molecule has 2 unspecified atom stereocenters. The lowest BCUT2D eigenvalue weighted by Crippen LogP contribution is -2.47. The number of hydrogen-bond donors (Lipinski definition) is 1. The van der Waals surface area contributed by atoms with Gasteiger partial charge >= 0.3 is 0 Å². The maximum Gasteiger partial charge on any atom is 0.0147 e. The van der Waals surface area contributed by atoms with Crippen LogP contribution in [0.1, 0.15) is 52.9 Å². The molecular formula is C13H28N2. The van der Waals surface area contributed by atoms with Crippen molar-refractivity contribution < 1.29 is 0 Å². The molecule has 0 heterocycles. The standard InChI is InChI=1S/C13H28N2/c1-5-13(2,3)15(4)10-11-8-6-7-9-12(11)14/h11-12H,5-10,14H2,1-4H3. The molecule has 0 spiro atoms. The van der Waals surface area contributed by atoms with Gasteiger partial charge in [-0.1, -0.05) is 19.8 Å². The Morgan fingerprint density at radius 3 is 2.40 bits per heavy atom. The average molecular weight is 212 g/mol. The van der Waals surface area contributed by atoms with Gasteiger partial charge in [0.25, 0.3) is 0 Å². The highest BCUT2D eigenvalue weighted by Gasteiger charge is 2.28. The van der Waals surface area contributed by atoms with Crippen LogP contribution in [0, 0.1) is 5.92 Å². The van der Waals surface area contributed by atoms with Crippen LogP contribution in [0.4, 0.5) is 0 Å². The lowest BCUT2D eigenvalue weighted by molar-refractivity contribution is 0.108. The minimum absolute atomic E-state index is 0.317. The van der Waals surface area contributed by atoms with Crippen molar-refractivity contribution in [1.29, 1.82) is 0 Å². The fourth-order valence-electron chi connectivity index (χ4n) is 2.33. The second kappa shape index (κ2) is 5.31. The summed E-state index contributed by atoms with van der Waals surface area (Å²) in [5.41, 5.74) is 6.50. The molecule has 0 radical (unpaired) electrons. The largest absolute Gasteiger partial charge is 0.327 e. The first-order valence-electron chi connectivity index (χ1n) is 6.44. The number of nitrogens with zero attached hydrogens (tertiary/aromatic N) is 1. The predicted molar refractivity (Wildman–Crippen MR) is 66.9 cm³/mol. The van der Waals surface area contributed by atoms with Crippen LogP contribution in [0.25, 0.3) is 0 Å². The first-order chi connectivity index (χ1) is 6.97. The van der Waals surface area contributed by atoms with Gasteiger partial charge in [-0.05, 0) is 46.1 Å². The fourth-order valence-corrected chi connectivity index (χ4v) is 2.33. The summed E-state index contributed by atoms with van der Waals surface area (Å²) < 4.78 is 0. The number of hydrogen-bond acceptors (Lipinski definition) is 2. The van der Waals surface area contributed by atoms with E-state index in [1.54, 1.807) is 0 Å². The van der Waals surface area contributed by atoms with Crippen molar-refractivity contribution in [3.63, 3.8) is 0 Å². The summed E-state index contributed by atoms with van der Waals surface area (Å²) in [6.07, 6.45) is 6.46. The van der Waals surface area contributed by atoms with Crippen LogP contribution < -0.4 is 5.73 Å². The van der Waals surface area contributed by atoms with E-state index >= 15 is 0 Å². The fraction of sp³-hybridized carbons (Fsp3) is 1.00. The van der Waals surface area contributed by atoms with E-state index in [0.29, 0.717) is 11.6 Å². The molecule has 1 saturated carbocycles. The van der Waals surface area contributed by atoms with Crippen LogP contribution in [0.3, 0.4) is 0 Å². The van der Waals surface area contributed by atoms with Gasteiger partial charge in [0.1, 0.15) is 0 Å². The molecule has 1 aliphatic rings. The molecular weight excluding hydrogens is 184 g/mol. The Morgan fingerprint density at radius 2 is 1.87 bits per heavy atom. The normalized spacial score (nSPS) is 28.4. The van der Waals surface area contributed by atoms with Crippen molar-refractivity contribution in [2.75, 3.05) is 13.6 Å². The highest BCUT2D eigenvalue weighted by atomic mass is 15.2. The van der Waals surface area contributed by atoms with Crippen molar-refractivity contribution in [2.45, 2.75) is 64.5 Å². The van der Waals surface area contributed by atoms with E-state index in [2.05, 4.69) is 32.7 Å². The van der Waals surface area contributed by atoms with Crippen LogP contribution in [-0.2, 0) is 0 Å². The maximum absolute atomic E-state index is 6.19. The molecule has 2 N–H and O–H groups in total. The van der Waals surface area contributed by atoms with Crippen molar-refractivity contribution in [3.05, 3.63) is 0 Å². The summed E-state index contributed by atoms with van der Waals surface area (Å²) in [6.45, 7) is 8.07. The van der Waals surface area contributed by atoms with Gasteiger partial charge in [0.15, 0.2) is 0 Å². The summed E-state index contributed by atoms with van der Waals surface area (Å²) in [7, 11) is 2.24. The second-order valence-corrected chi connectivity index (χ2v) is 5.75. The lowest BCUT2D eigenvalue weighted by Gasteiger charge is -2.40. The molecule has 0 aromatic heterocycles. The Balaban J connectivity index is 2.45. The van der Waals surface area contributed by atoms with Gasteiger partial charge in [0.2, 0.25) is 0 Å². The Labute approximate surface area is 95.2 Å². The second-order valence-electron chi connectivity index (χ2n) is 5.75. The molecule has 1 aliphatic carbocycles. The molecule has 2 heteroatoms. The van der Waals surface area contributed by atoms with Crippen LogP contribution in [0.2, 0.25) is 0 Å². The smallest absolute Gasteiger partial charge is 0.0147 e. The highest BCUT2D eigenvalue weighted by molar-refractivity contribution is 4.84. The zero-order valence-corrected chi connectivity index (χ0v) is 10.9. The number of nitrogens with two attached hydrogens (primary N) is 1. The third-order valence-electron chi connectivity index (χ3n) is 4.37. The molecule has 0 saturated heterocycles. The molecule has 15 heavy (non-hydrogen) atoms. The minimum Gasteiger partial charge on any atom is -0.327 e. The van der Waals surface area contributed by atoms with Crippen LogP contribution in [-0.4, -0.2) is 30.1 Å². The van der Waals surface area contributed by atoms with Gasteiger partial charge in [-0.25, -0.2) is 0 Å². The van der Waals surface area contributed by atoms with E-state index in [9.17, 15) is 0 Å². The Morgan fingerprint density at radius 1 is 1.27 bits per heavy atom. The third kappa shape index (κ3) is 3.46. The third-order valence-corrected chi connectivity index (χ3v) is 4.37. The SMILES string of the molecule is CCC(C)(C)N(C)CC1CCCCC1N. The zero-order valence-electron chi connectivity index (χ0n) is 10.9. The zero-order chi connectivity index (χ0) is 11.5. The van der Waals surface area contributed by atoms with Gasteiger partial charge in [-0.2, -0.15) is 0 Å². The number of rotatable bonds is 4. The van der Waals surface area contributed by atoms with E-state index in [0.717, 1.165) is 5.92 Å². The maximum atomic E-state index is 6.19. The predicted octanol–water partition coefficient (Wildman–Crippen LogP) is 2.62. The van der Waals surface area contributed by atoms with Crippen molar-refractivity contribution in [3.8, 4) is 0 Å². The van der Waals surface area contributed by atoms with Gasteiger partial charge in [-0.3, -0.25) is 0 Å². The van der Waals surface area contributed by atoms with E-state index < -0.39 is 0 Å². The van der Waals surface area contributed by atoms with Crippen LogP contribution in [0.15, 0.2) is 0 Å². The molecule has 0 bridgehead atoms. The summed E-state index contributed by atoms with van der Waals surface area (Å²) >= 11 is 0. The van der Waals surface area contributed by atoms with E-state index in [4.69, 9.17) is 5.73 Å². The first-order valence-corrected chi connectivity index (χ1v) is 6.44. The lowest BCUT2D eigenvalue weighted by atomic mass is 9.84. The summed E-state index contributed by atoms with van der Waals surface area (Å²) in [5.74, 6) is 0.717. The highest BCUT2D eigenvalue weighted by Crippen LogP contribution is 2.26. The quantitative estimate of drug-likeness (QED) is 0.776. The van der Waals surface area contributed by atoms with Gasteiger partial charge < -0.3 is 10.6 Å². The van der Waals surface area contributed by atoms with Crippen molar-refractivity contribution in [1.82, 2.24) is 4.90 Å². The van der Waals surface area contributed by atoms with Gasteiger partial charge in [0.05, 0.1) is 0 Å². The van der Waals surface area contributed by atoms with Crippen LogP contribution >= 0.6 is 0 Å². The summed E-state index contributed by atoms with van der Waals surface area (Å²) in [5, 5.41) is 0. The topological polar surface area (TPSA) is 29.3 Å². The van der Waals surface area contributed by atoms with E-state index in [-0.39, 0.29) is 0 Å². The van der Waals surface area contributed by atoms with Crippen LogP contribution in [0.5, 0.6) is 0 Å². The molecule has 0 aliphatic heterocycles. The molecule has 0 amide bonds. The average Bonchev–Trinajstić information content (AvgIpc) is 2.21. The van der Waals surface area contributed by atoms with Crippen molar-refractivity contribution >= 4 is 0 Å². The minimum atomic E-state index is 0.317. The molecule has 1 rings (SSSR count). The molecule has 0 aromatic carbocycles. The summed E-state index contributed by atoms with van der Waals surface area (Å²) in [6, 6.07) is 0.439.